The van der Waals surface area contributed by atoms with Crippen LogP contribution in [0.3, 0.4) is 0 Å². The third-order valence-corrected chi connectivity index (χ3v) is 3.55. The number of hydrogen-bond donors (Lipinski definition) is 1. The molecular weight excluding hydrogens is 264 g/mol. The highest BCUT2D eigenvalue weighted by Gasteiger charge is 2.09. The molecule has 0 spiro atoms. The smallest absolute Gasteiger partial charge is 0.161 e. The molecule has 116 valence electrons. The van der Waals surface area contributed by atoms with Gasteiger partial charge in [-0.3, -0.25) is 0 Å². The molecule has 4 nitrogen and oxygen atoms in total. The molecule has 1 unspecified atom stereocenters. The molecule has 0 fully saturated rings. The molecule has 0 bridgehead atoms. The molecule has 1 aromatic rings. The first-order valence-corrected chi connectivity index (χ1v) is 7.48. The van der Waals surface area contributed by atoms with Crippen LogP contribution in [-0.2, 0) is 6.54 Å². The minimum atomic E-state index is 0.465. The minimum absolute atomic E-state index is 0.465. The Labute approximate surface area is 128 Å². The molecule has 0 heterocycles. The van der Waals surface area contributed by atoms with E-state index < -0.39 is 0 Å². The number of benzene rings is 1. The van der Waals surface area contributed by atoms with Crippen LogP contribution >= 0.6 is 0 Å². The van der Waals surface area contributed by atoms with Crippen LogP contribution in [0.25, 0.3) is 0 Å². The van der Waals surface area contributed by atoms with Crippen molar-refractivity contribution in [1.29, 1.82) is 5.26 Å². The van der Waals surface area contributed by atoms with Gasteiger partial charge in [-0.2, -0.15) is 5.26 Å². The largest absolute Gasteiger partial charge is 0.493 e. The van der Waals surface area contributed by atoms with Gasteiger partial charge in [-0.15, -0.1) is 0 Å². The second kappa shape index (κ2) is 9.25. The first-order valence-electron chi connectivity index (χ1n) is 7.48. The third-order valence-electron chi connectivity index (χ3n) is 3.55. The summed E-state index contributed by atoms with van der Waals surface area (Å²) in [6, 6.07) is 8.56. The molecule has 0 radical (unpaired) electrons. The van der Waals surface area contributed by atoms with Crippen molar-refractivity contribution in [1.82, 2.24) is 5.32 Å². The fourth-order valence-electron chi connectivity index (χ4n) is 1.79. The molecule has 0 saturated heterocycles. The van der Waals surface area contributed by atoms with E-state index in [2.05, 4.69) is 32.2 Å². The first-order chi connectivity index (χ1) is 10.1. The summed E-state index contributed by atoms with van der Waals surface area (Å²) in [5.74, 6) is 2.07. The van der Waals surface area contributed by atoms with Crippen LogP contribution in [0.5, 0.6) is 11.5 Å². The van der Waals surface area contributed by atoms with Crippen molar-refractivity contribution in [2.24, 2.45) is 5.92 Å². The second-order valence-electron chi connectivity index (χ2n) is 5.51. The molecule has 21 heavy (non-hydrogen) atoms. The molecule has 4 heteroatoms. The minimum Gasteiger partial charge on any atom is -0.493 e. The second-order valence-corrected chi connectivity index (χ2v) is 5.51. The normalized spacial score (nSPS) is 12.0. The SMILES string of the molecule is COc1ccc(CNC(C)C(C)C)cc1OCCCC#N. The fraction of sp³-hybridized carbons (Fsp3) is 0.588. The van der Waals surface area contributed by atoms with E-state index in [1.807, 2.05) is 18.2 Å². The summed E-state index contributed by atoms with van der Waals surface area (Å²) in [5, 5.41) is 12.0. The van der Waals surface area contributed by atoms with Crippen LogP contribution in [0.1, 0.15) is 39.2 Å². The number of nitriles is 1. The summed E-state index contributed by atoms with van der Waals surface area (Å²) in [4.78, 5) is 0. The molecule has 0 amide bonds. The van der Waals surface area contributed by atoms with E-state index in [1.54, 1.807) is 7.11 Å². The lowest BCUT2D eigenvalue weighted by Crippen LogP contribution is -2.30. The van der Waals surface area contributed by atoms with Gasteiger partial charge in [-0.05, 0) is 37.0 Å². The Bertz CT molecular complexity index is 466. The van der Waals surface area contributed by atoms with Crippen LogP contribution in [0.4, 0.5) is 0 Å². The lowest BCUT2D eigenvalue weighted by atomic mass is 10.1. The first kappa shape index (κ1) is 17.3. The van der Waals surface area contributed by atoms with Crippen LogP contribution in [0.15, 0.2) is 18.2 Å². The Kier molecular flexibility index (Phi) is 7.63. The van der Waals surface area contributed by atoms with Crippen molar-refractivity contribution in [2.45, 2.75) is 46.2 Å². The lowest BCUT2D eigenvalue weighted by molar-refractivity contribution is 0.290. The average Bonchev–Trinajstić information content (AvgIpc) is 2.49. The number of nitrogens with one attached hydrogen (secondary N) is 1. The van der Waals surface area contributed by atoms with E-state index in [-0.39, 0.29) is 0 Å². The molecular formula is C17H26N2O2. The molecule has 0 aliphatic rings. The number of nitrogens with zero attached hydrogens (tertiary/aromatic N) is 1. The third kappa shape index (κ3) is 6.05. The predicted molar refractivity (Wildman–Crippen MR) is 84.5 cm³/mol. The van der Waals surface area contributed by atoms with Crippen molar-refractivity contribution < 1.29 is 9.47 Å². The van der Waals surface area contributed by atoms with E-state index in [9.17, 15) is 0 Å². The molecule has 1 aromatic carbocycles. The molecule has 1 atom stereocenters. The Hall–Kier alpha value is -1.73. The highest BCUT2D eigenvalue weighted by Crippen LogP contribution is 2.28. The standard InChI is InChI=1S/C17H26N2O2/c1-13(2)14(3)19-12-15-7-8-16(20-4)17(11-15)21-10-6-5-9-18/h7-8,11,13-14,19H,5-6,10,12H2,1-4H3. The monoisotopic (exact) mass is 290 g/mol. The maximum Gasteiger partial charge on any atom is 0.161 e. The zero-order valence-electron chi connectivity index (χ0n) is 13.5. The van der Waals surface area contributed by atoms with Gasteiger partial charge in [0.2, 0.25) is 0 Å². The van der Waals surface area contributed by atoms with Gasteiger partial charge >= 0.3 is 0 Å². The van der Waals surface area contributed by atoms with E-state index in [0.29, 0.717) is 25.0 Å². The van der Waals surface area contributed by atoms with Crippen LogP contribution in [-0.4, -0.2) is 19.8 Å². The van der Waals surface area contributed by atoms with Crippen LogP contribution in [0.2, 0.25) is 0 Å². The van der Waals surface area contributed by atoms with E-state index in [4.69, 9.17) is 14.7 Å². The summed E-state index contributed by atoms with van der Waals surface area (Å²) in [6.45, 7) is 7.93. The van der Waals surface area contributed by atoms with Crippen LogP contribution < -0.4 is 14.8 Å². The molecule has 0 aliphatic carbocycles. The van der Waals surface area contributed by atoms with E-state index in [1.165, 1.54) is 5.56 Å². The zero-order valence-corrected chi connectivity index (χ0v) is 13.5. The topological polar surface area (TPSA) is 54.3 Å². The molecule has 0 aromatic heterocycles. The van der Waals surface area contributed by atoms with Gasteiger partial charge in [-0.25, -0.2) is 0 Å². The van der Waals surface area contributed by atoms with Crippen molar-refractivity contribution >= 4 is 0 Å². The number of unbranched alkanes of at least 4 members (excludes halogenated alkanes) is 1. The van der Waals surface area contributed by atoms with Crippen molar-refractivity contribution in [3.8, 4) is 17.6 Å². The highest BCUT2D eigenvalue weighted by atomic mass is 16.5. The lowest BCUT2D eigenvalue weighted by Gasteiger charge is -2.18. The average molecular weight is 290 g/mol. The number of methoxy groups -OCH3 is 1. The van der Waals surface area contributed by atoms with Gasteiger partial charge in [0, 0.05) is 19.0 Å². The van der Waals surface area contributed by atoms with Gasteiger partial charge < -0.3 is 14.8 Å². The highest BCUT2D eigenvalue weighted by molar-refractivity contribution is 5.42. The van der Waals surface area contributed by atoms with Gasteiger partial charge in [0.05, 0.1) is 19.8 Å². The zero-order chi connectivity index (χ0) is 15.7. The summed E-state index contributed by atoms with van der Waals surface area (Å²) in [5.41, 5.74) is 1.17. The molecule has 0 saturated carbocycles. The summed E-state index contributed by atoms with van der Waals surface area (Å²) in [6.07, 6.45) is 1.24. The number of rotatable bonds is 9. The Morgan fingerprint density at radius 3 is 2.62 bits per heavy atom. The maximum absolute atomic E-state index is 8.54. The number of hydrogen-bond acceptors (Lipinski definition) is 4. The van der Waals surface area contributed by atoms with Crippen molar-refractivity contribution in [3.05, 3.63) is 23.8 Å². The molecule has 1 rings (SSSR count). The van der Waals surface area contributed by atoms with Crippen LogP contribution in [0, 0.1) is 17.2 Å². The molecule has 1 N–H and O–H groups in total. The van der Waals surface area contributed by atoms with Gasteiger partial charge in [0.25, 0.3) is 0 Å². The predicted octanol–water partition coefficient (Wildman–Crippen LogP) is 3.51. The van der Waals surface area contributed by atoms with Crippen molar-refractivity contribution in [2.75, 3.05) is 13.7 Å². The fourth-order valence-corrected chi connectivity index (χ4v) is 1.79. The summed E-state index contributed by atoms with van der Waals surface area (Å²) in [7, 11) is 1.64. The Morgan fingerprint density at radius 2 is 2.00 bits per heavy atom. The molecule has 0 aliphatic heterocycles. The quantitative estimate of drug-likeness (QED) is 0.707. The Morgan fingerprint density at radius 1 is 1.24 bits per heavy atom. The summed E-state index contributed by atoms with van der Waals surface area (Å²) >= 11 is 0. The summed E-state index contributed by atoms with van der Waals surface area (Å²) < 4.78 is 11.0. The van der Waals surface area contributed by atoms with E-state index in [0.717, 1.165) is 24.5 Å². The maximum atomic E-state index is 8.54. The van der Waals surface area contributed by atoms with Gasteiger partial charge in [0.15, 0.2) is 11.5 Å². The number of ether oxygens (including phenoxy) is 2. The van der Waals surface area contributed by atoms with E-state index >= 15 is 0 Å². The van der Waals surface area contributed by atoms with Gasteiger partial charge in [0.1, 0.15) is 0 Å². The Balaban J connectivity index is 2.64. The van der Waals surface area contributed by atoms with Gasteiger partial charge in [-0.1, -0.05) is 19.9 Å². The van der Waals surface area contributed by atoms with Crippen molar-refractivity contribution in [3.63, 3.8) is 0 Å².